The lowest BCUT2D eigenvalue weighted by molar-refractivity contribution is 0.532. The van der Waals surface area contributed by atoms with Crippen LogP contribution >= 0.6 is 0 Å². The van der Waals surface area contributed by atoms with Gasteiger partial charge in [0.25, 0.3) is 0 Å². The van der Waals surface area contributed by atoms with Crippen molar-refractivity contribution < 1.29 is 0 Å². The van der Waals surface area contributed by atoms with Crippen LogP contribution in [0.1, 0.15) is 36.6 Å². The van der Waals surface area contributed by atoms with E-state index in [9.17, 15) is 0 Å². The second kappa shape index (κ2) is 5.57. The number of hydrogen-bond donors (Lipinski definition) is 1. The van der Waals surface area contributed by atoms with E-state index in [1.54, 1.807) is 0 Å². The van der Waals surface area contributed by atoms with Crippen LogP contribution in [0.5, 0.6) is 0 Å². The molecule has 0 aliphatic carbocycles. The summed E-state index contributed by atoms with van der Waals surface area (Å²) in [5.74, 6) is 0. The highest BCUT2D eigenvalue weighted by Gasteiger charge is 2.06. The smallest absolute Gasteiger partial charge is 0.102 e. The van der Waals surface area contributed by atoms with Crippen molar-refractivity contribution in [1.29, 1.82) is 5.26 Å². The number of aromatic nitrogens is 2. The highest BCUT2D eigenvalue weighted by atomic mass is 15.3. The normalized spacial score (nSPS) is 10.5. The minimum Gasteiger partial charge on any atom is -0.380 e. The Morgan fingerprint density at radius 1 is 1.42 bits per heavy atom. The first-order valence-corrected chi connectivity index (χ1v) is 6.38. The molecule has 1 aromatic heterocycles. The Kier molecular flexibility index (Phi) is 3.86. The third-order valence-corrected chi connectivity index (χ3v) is 3.05. The number of benzene rings is 1. The van der Waals surface area contributed by atoms with Crippen LogP contribution in [0.3, 0.4) is 0 Å². The maximum atomic E-state index is 9.17. The van der Waals surface area contributed by atoms with E-state index < -0.39 is 0 Å². The topological polar surface area (TPSA) is 53.6 Å². The minimum atomic E-state index is 0.363. The van der Waals surface area contributed by atoms with Crippen LogP contribution in [0.4, 0.5) is 5.69 Å². The van der Waals surface area contributed by atoms with E-state index in [1.165, 1.54) is 0 Å². The molecule has 0 atom stereocenters. The Hall–Kier alpha value is -2.28. The molecule has 2 rings (SSSR count). The van der Waals surface area contributed by atoms with Crippen molar-refractivity contribution in [3.8, 4) is 6.07 Å². The van der Waals surface area contributed by atoms with Gasteiger partial charge in [0.15, 0.2) is 0 Å². The fourth-order valence-corrected chi connectivity index (χ4v) is 1.91. The Morgan fingerprint density at radius 3 is 2.84 bits per heavy atom. The molecule has 0 spiro atoms. The monoisotopic (exact) mass is 254 g/mol. The van der Waals surface area contributed by atoms with Crippen LogP contribution < -0.4 is 5.32 Å². The van der Waals surface area contributed by atoms with Crippen molar-refractivity contribution in [3.63, 3.8) is 0 Å². The number of nitrogens with zero attached hydrogens (tertiary/aromatic N) is 3. The summed E-state index contributed by atoms with van der Waals surface area (Å²) in [7, 11) is 0. The summed E-state index contributed by atoms with van der Waals surface area (Å²) in [6.07, 6.45) is 3.88. The van der Waals surface area contributed by atoms with E-state index in [-0.39, 0.29) is 0 Å². The van der Waals surface area contributed by atoms with Gasteiger partial charge in [-0.15, -0.1) is 0 Å². The van der Waals surface area contributed by atoms with Gasteiger partial charge in [0.1, 0.15) is 6.07 Å². The summed E-state index contributed by atoms with van der Waals surface area (Å²) >= 11 is 0. The first-order valence-electron chi connectivity index (χ1n) is 6.38. The van der Waals surface area contributed by atoms with Gasteiger partial charge in [0, 0.05) is 24.3 Å². The molecule has 98 valence electrons. The quantitative estimate of drug-likeness (QED) is 0.911. The Balaban J connectivity index is 2.10. The summed E-state index contributed by atoms with van der Waals surface area (Å²) in [4.78, 5) is 0. The molecule has 2 aromatic rings. The maximum absolute atomic E-state index is 9.17. The van der Waals surface area contributed by atoms with Crippen molar-refractivity contribution in [1.82, 2.24) is 9.78 Å². The zero-order valence-electron chi connectivity index (χ0n) is 11.5. The molecule has 4 heteroatoms. The number of nitrogens with one attached hydrogen (secondary N) is 1. The predicted octanol–water partition coefficient (Wildman–Crippen LogP) is 3.26. The highest BCUT2D eigenvalue weighted by molar-refractivity contribution is 5.60. The molecule has 1 N–H and O–H groups in total. The third-order valence-electron chi connectivity index (χ3n) is 3.05. The van der Waals surface area contributed by atoms with E-state index in [0.717, 1.165) is 16.8 Å². The van der Waals surface area contributed by atoms with Gasteiger partial charge < -0.3 is 5.32 Å². The summed E-state index contributed by atoms with van der Waals surface area (Å²) in [5.41, 5.74) is 3.68. The van der Waals surface area contributed by atoms with Crippen LogP contribution in [0.25, 0.3) is 0 Å². The number of rotatable bonds is 4. The maximum Gasteiger partial charge on any atom is 0.102 e. The van der Waals surface area contributed by atoms with E-state index in [0.29, 0.717) is 18.2 Å². The van der Waals surface area contributed by atoms with Crippen LogP contribution in [-0.4, -0.2) is 9.78 Å². The molecule has 0 aliphatic heterocycles. The fourth-order valence-electron chi connectivity index (χ4n) is 1.91. The molecule has 0 bridgehead atoms. The molecule has 1 aromatic carbocycles. The molecule has 0 unspecified atom stereocenters. The molecule has 19 heavy (non-hydrogen) atoms. The summed E-state index contributed by atoms with van der Waals surface area (Å²) < 4.78 is 1.93. The van der Waals surface area contributed by atoms with Crippen LogP contribution in [0, 0.1) is 18.3 Å². The first kappa shape index (κ1) is 13.2. The van der Waals surface area contributed by atoms with Crippen molar-refractivity contribution in [2.24, 2.45) is 0 Å². The highest BCUT2D eigenvalue weighted by Crippen LogP contribution is 2.19. The van der Waals surface area contributed by atoms with Crippen LogP contribution in [0.15, 0.2) is 30.6 Å². The lowest BCUT2D eigenvalue weighted by atomic mass is 10.1. The minimum absolute atomic E-state index is 0.363. The molecule has 0 amide bonds. The summed E-state index contributed by atoms with van der Waals surface area (Å²) in [6.45, 7) is 6.81. The molecular weight excluding hydrogens is 236 g/mol. The van der Waals surface area contributed by atoms with Gasteiger partial charge in [-0.1, -0.05) is 12.1 Å². The van der Waals surface area contributed by atoms with E-state index in [1.807, 2.05) is 42.2 Å². The molecular formula is C15H18N4. The average Bonchev–Trinajstić information content (AvgIpc) is 2.85. The predicted molar refractivity (Wildman–Crippen MR) is 75.8 cm³/mol. The number of aryl methyl sites for hydroxylation is 1. The molecule has 0 fully saturated rings. The van der Waals surface area contributed by atoms with Crippen molar-refractivity contribution >= 4 is 5.69 Å². The zero-order valence-corrected chi connectivity index (χ0v) is 11.5. The Labute approximate surface area is 113 Å². The van der Waals surface area contributed by atoms with Gasteiger partial charge in [0.2, 0.25) is 0 Å². The zero-order chi connectivity index (χ0) is 13.8. The average molecular weight is 254 g/mol. The Morgan fingerprint density at radius 2 is 2.21 bits per heavy atom. The first-order chi connectivity index (χ1) is 9.11. The van der Waals surface area contributed by atoms with E-state index >= 15 is 0 Å². The van der Waals surface area contributed by atoms with Crippen molar-refractivity contribution in [3.05, 3.63) is 47.3 Å². The fraction of sp³-hybridized carbons (Fsp3) is 0.333. The van der Waals surface area contributed by atoms with Gasteiger partial charge in [-0.3, -0.25) is 4.68 Å². The van der Waals surface area contributed by atoms with Crippen molar-refractivity contribution in [2.45, 2.75) is 33.4 Å². The molecule has 0 aliphatic rings. The number of nitriles is 1. The third kappa shape index (κ3) is 2.94. The van der Waals surface area contributed by atoms with Crippen LogP contribution in [-0.2, 0) is 6.54 Å². The van der Waals surface area contributed by atoms with E-state index in [2.05, 4.69) is 30.3 Å². The van der Waals surface area contributed by atoms with E-state index in [4.69, 9.17) is 5.26 Å². The SMILES string of the molecule is Cc1cccc(NCc2cnn(C(C)C)c2)c1C#N. The lowest BCUT2D eigenvalue weighted by Crippen LogP contribution is -2.02. The van der Waals surface area contributed by atoms with Crippen molar-refractivity contribution in [2.75, 3.05) is 5.32 Å². The molecule has 4 nitrogen and oxygen atoms in total. The molecule has 1 heterocycles. The standard InChI is InChI=1S/C15H18N4/c1-11(2)19-10-13(9-18-19)8-17-15-6-4-5-12(3)14(15)7-16/h4-6,9-11,17H,8H2,1-3H3. The van der Waals surface area contributed by atoms with Gasteiger partial charge in [-0.05, 0) is 32.4 Å². The van der Waals surface area contributed by atoms with Crippen LogP contribution in [0.2, 0.25) is 0 Å². The Bertz CT molecular complexity index is 605. The van der Waals surface area contributed by atoms with Gasteiger partial charge in [-0.2, -0.15) is 10.4 Å². The second-order valence-corrected chi connectivity index (χ2v) is 4.89. The summed E-state index contributed by atoms with van der Waals surface area (Å²) in [6, 6.07) is 8.43. The van der Waals surface area contributed by atoms with Gasteiger partial charge in [-0.25, -0.2) is 0 Å². The number of hydrogen-bond acceptors (Lipinski definition) is 3. The second-order valence-electron chi connectivity index (χ2n) is 4.89. The largest absolute Gasteiger partial charge is 0.380 e. The van der Waals surface area contributed by atoms with Gasteiger partial charge >= 0.3 is 0 Å². The lowest BCUT2D eigenvalue weighted by Gasteiger charge is -2.08. The molecule has 0 radical (unpaired) electrons. The van der Waals surface area contributed by atoms with Gasteiger partial charge in [0.05, 0.1) is 17.4 Å². The molecule has 0 saturated heterocycles. The number of anilines is 1. The molecule has 0 saturated carbocycles. The summed E-state index contributed by atoms with van der Waals surface area (Å²) in [5, 5.41) is 16.8.